The monoisotopic (exact) mass is 493 g/mol. The lowest BCUT2D eigenvalue weighted by atomic mass is 10.0. The molecule has 2 aromatic heterocycles. The molecule has 0 aliphatic heterocycles. The Bertz CT molecular complexity index is 1320. The van der Waals surface area contributed by atoms with Gasteiger partial charge in [-0.2, -0.15) is 0 Å². The lowest BCUT2D eigenvalue weighted by molar-refractivity contribution is -0.126. The number of carbonyl (C=O) groups excluding carboxylic acids is 3. The van der Waals surface area contributed by atoms with Crippen LogP contribution >= 0.6 is 0 Å². The highest BCUT2D eigenvalue weighted by Crippen LogP contribution is 2.30. The molecule has 36 heavy (non-hydrogen) atoms. The number of rotatable bonds is 9. The molecule has 1 atom stereocenters. The maximum atomic E-state index is 14.9. The third kappa shape index (κ3) is 5.66. The molecule has 0 spiro atoms. The number of halogens is 2. The van der Waals surface area contributed by atoms with Crippen molar-refractivity contribution in [1.29, 1.82) is 0 Å². The van der Waals surface area contributed by atoms with Crippen molar-refractivity contribution in [1.82, 2.24) is 10.6 Å². The molecule has 0 aliphatic rings. The first-order chi connectivity index (χ1) is 17.4. The molecule has 2 N–H and O–H groups in total. The number of amides is 3. The van der Waals surface area contributed by atoms with E-state index in [0.29, 0.717) is 5.76 Å². The van der Waals surface area contributed by atoms with E-state index in [-0.39, 0.29) is 23.6 Å². The zero-order valence-corrected chi connectivity index (χ0v) is 18.8. The molecule has 3 amide bonds. The molecule has 0 radical (unpaired) electrons. The van der Waals surface area contributed by atoms with E-state index in [2.05, 4.69) is 10.6 Å². The van der Waals surface area contributed by atoms with E-state index in [0.717, 1.165) is 23.1 Å². The smallest absolute Gasteiger partial charge is 0.287 e. The fourth-order valence-corrected chi connectivity index (χ4v) is 3.55. The van der Waals surface area contributed by atoms with Crippen molar-refractivity contribution < 1.29 is 32.0 Å². The Morgan fingerprint density at radius 1 is 0.833 bits per heavy atom. The van der Waals surface area contributed by atoms with E-state index in [1.54, 1.807) is 12.1 Å². The number of anilines is 1. The molecular formula is C26H21F2N3O5. The molecule has 4 aromatic rings. The van der Waals surface area contributed by atoms with Crippen LogP contribution in [0.2, 0.25) is 0 Å². The normalized spacial score (nSPS) is 11.5. The number of furan rings is 2. The summed E-state index contributed by atoms with van der Waals surface area (Å²) in [4.78, 5) is 40.2. The Kier molecular flexibility index (Phi) is 7.54. The molecule has 0 saturated carbocycles. The standard InChI is InChI=1S/C26H21F2N3O5/c27-17-9-11-18(12-10-17)31(23(32)16-30-25(33)22-8-4-14-36-22)24(20-6-1-2-7-21(20)28)26(34)29-15-19-5-3-13-35-19/h1-14,24H,15-16H2,(H,29,34)(H,30,33). The van der Waals surface area contributed by atoms with Crippen molar-refractivity contribution in [3.63, 3.8) is 0 Å². The van der Waals surface area contributed by atoms with Crippen LogP contribution in [0.25, 0.3) is 0 Å². The fourth-order valence-electron chi connectivity index (χ4n) is 3.55. The largest absolute Gasteiger partial charge is 0.467 e. The van der Waals surface area contributed by atoms with Crippen LogP contribution in [0.4, 0.5) is 14.5 Å². The van der Waals surface area contributed by atoms with E-state index < -0.39 is 41.9 Å². The zero-order valence-electron chi connectivity index (χ0n) is 18.8. The van der Waals surface area contributed by atoms with Gasteiger partial charge >= 0.3 is 0 Å². The molecule has 2 aromatic carbocycles. The minimum atomic E-state index is -1.49. The lowest BCUT2D eigenvalue weighted by Crippen LogP contribution is -2.47. The first-order valence-electron chi connectivity index (χ1n) is 10.9. The molecule has 184 valence electrons. The third-order valence-corrected chi connectivity index (χ3v) is 5.24. The number of nitrogens with one attached hydrogen (secondary N) is 2. The summed E-state index contributed by atoms with van der Waals surface area (Å²) in [5.41, 5.74) is 0.0273. The summed E-state index contributed by atoms with van der Waals surface area (Å²) in [5.74, 6) is -2.98. The summed E-state index contributed by atoms with van der Waals surface area (Å²) in [6.45, 7) is -0.565. The summed E-state index contributed by atoms with van der Waals surface area (Å²) in [7, 11) is 0. The van der Waals surface area contributed by atoms with Crippen LogP contribution in [-0.4, -0.2) is 24.3 Å². The predicted octanol–water partition coefficient (Wildman–Crippen LogP) is 3.97. The van der Waals surface area contributed by atoms with Gasteiger partial charge in [0.25, 0.3) is 5.91 Å². The number of hydrogen-bond donors (Lipinski definition) is 2. The van der Waals surface area contributed by atoms with E-state index in [1.807, 2.05) is 0 Å². The molecule has 0 bridgehead atoms. The van der Waals surface area contributed by atoms with Crippen molar-refractivity contribution in [3.05, 3.63) is 114 Å². The second-order valence-electron chi connectivity index (χ2n) is 7.62. The van der Waals surface area contributed by atoms with Gasteiger partial charge in [-0.25, -0.2) is 8.78 Å². The van der Waals surface area contributed by atoms with Crippen LogP contribution in [-0.2, 0) is 16.1 Å². The quantitative estimate of drug-likeness (QED) is 0.367. The maximum absolute atomic E-state index is 14.9. The summed E-state index contributed by atoms with van der Waals surface area (Å²) >= 11 is 0. The Morgan fingerprint density at radius 2 is 1.56 bits per heavy atom. The van der Waals surface area contributed by atoms with Crippen molar-refractivity contribution in [2.75, 3.05) is 11.4 Å². The average molecular weight is 493 g/mol. The summed E-state index contributed by atoms with van der Waals surface area (Å²) < 4.78 is 38.9. The SMILES string of the molecule is O=C(NCC(=O)N(c1ccc(F)cc1)C(C(=O)NCc1ccco1)c1ccccc1F)c1ccco1. The highest BCUT2D eigenvalue weighted by atomic mass is 19.1. The van der Waals surface area contributed by atoms with Crippen LogP contribution in [0.3, 0.4) is 0 Å². The van der Waals surface area contributed by atoms with Gasteiger partial charge in [0.15, 0.2) is 5.76 Å². The molecule has 0 saturated heterocycles. The molecule has 8 nitrogen and oxygen atoms in total. The second-order valence-corrected chi connectivity index (χ2v) is 7.62. The van der Waals surface area contributed by atoms with E-state index in [9.17, 15) is 23.2 Å². The molecule has 2 heterocycles. The predicted molar refractivity (Wildman–Crippen MR) is 125 cm³/mol. The minimum absolute atomic E-state index is 0.0158. The Hall–Kier alpha value is -4.73. The number of benzene rings is 2. The van der Waals surface area contributed by atoms with Gasteiger partial charge in [-0.15, -0.1) is 0 Å². The Labute approximate surface area is 204 Å². The summed E-state index contributed by atoms with van der Waals surface area (Å²) in [6.07, 6.45) is 2.74. The van der Waals surface area contributed by atoms with Gasteiger partial charge in [0.1, 0.15) is 23.4 Å². The summed E-state index contributed by atoms with van der Waals surface area (Å²) in [5, 5.41) is 5.07. The first kappa shape index (κ1) is 24.4. The van der Waals surface area contributed by atoms with Crippen molar-refractivity contribution in [3.8, 4) is 0 Å². The highest BCUT2D eigenvalue weighted by molar-refractivity contribution is 6.04. The van der Waals surface area contributed by atoms with Crippen LogP contribution < -0.4 is 15.5 Å². The topological polar surface area (TPSA) is 105 Å². The first-order valence-corrected chi connectivity index (χ1v) is 10.9. The molecule has 10 heteroatoms. The van der Waals surface area contributed by atoms with Gasteiger partial charge in [-0.3, -0.25) is 19.3 Å². The van der Waals surface area contributed by atoms with E-state index in [1.165, 1.54) is 55.0 Å². The summed E-state index contributed by atoms with van der Waals surface area (Å²) in [6, 6.07) is 15.0. The fraction of sp³-hybridized carbons (Fsp3) is 0.115. The number of carbonyl (C=O) groups is 3. The minimum Gasteiger partial charge on any atom is -0.467 e. The van der Waals surface area contributed by atoms with Crippen LogP contribution in [0, 0.1) is 11.6 Å². The molecule has 1 unspecified atom stereocenters. The van der Waals surface area contributed by atoms with Gasteiger partial charge in [0.2, 0.25) is 11.8 Å². The number of hydrogen-bond acceptors (Lipinski definition) is 5. The van der Waals surface area contributed by atoms with Gasteiger partial charge in [-0.1, -0.05) is 18.2 Å². The van der Waals surface area contributed by atoms with Crippen molar-refractivity contribution >= 4 is 23.4 Å². The lowest BCUT2D eigenvalue weighted by Gasteiger charge is -2.31. The maximum Gasteiger partial charge on any atom is 0.287 e. The van der Waals surface area contributed by atoms with Gasteiger partial charge in [-0.05, 0) is 54.6 Å². The van der Waals surface area contributed by atoms with Crippen LogP contribution in [0.5, 0.6) is 0 Å². The molecule has 4 rings (SSSR count). The van der Waals surface area contributed by atoms with Gasteiger partial charge in [0, 0.05) is 11.3 Å². The third-order valence-electron chi connectivity index (χ3n) is 5.24. The Balaban J connectivity index is 1.68. The van der Waals surface area contributed by atoms with Gasteiger partial charge < -0.3 is 19.5 Å². The molecule has 0 fully saturated rings. The van der Waals surface area contributed by atoms with E-state index >= 15 is 0 Å². The van der Waals surface area contributed by atoms with Gasteiger partial charge in [0.05, 0.1) is 25.6 Å². The number of nitrogens with zero attached hydrogens (tertiary/aromatic N) is 1. The van der Waals surface area contributed by atoms with Crippen LogP contribution in [0.1, 0.15) is 27.9 Å². The average Bonchev–Trinajstić information content (AvgIpc) is 3.60. The van der Waals surface area contributed by atoms with E-state index in [4.69, 9.17) is 8.83 Å². The van der Waals surface area contributed by atoms with Crippen molar-refractivity contribution in [2.24, 2.45) is 0 Å². The molecule has 0 aliphatic carbocycles. The Morgan fingerprint density at radius 3 is 2.22 bits per heavy atom. The molecular weight excluding hydrogens is 472 g/mol. The second kappa shape index (κ2) is 11.1. The van der Waals surface area contributed by atoms with Crippen molar-refractivity contribution in [2.45, 2.75) is 12.6 Å². The zero-order chi connectivity index (χ0) is 25.5. The highest BCUT2D eigenvalue weighted by Gasteiger charge is 2.34. The van der Waals surface area contributed by atoms with Crippen LogP contribution in [0.15, 0.2) is 94.2 Å².